The van der Waals surface area contributed by atoms with Crippen LogP contribution in [0.1, 0.15) is 21.6 Å². The van der Waals surface area contributed by atoms with Gasteiger partial charge < -0.3 is 10.1 Å². The molecule has 6 nitrogen and oxygen atoms in total. The fourth-order valence-electron chi connectivity index (χ4n) is 2.60. The standard InChI is InChI=1S/C20H18FN3O3/c1-13-6-8-18(27-2)17(10-13)22-20(26)16-7-9-19(25)24(23-16)12-14-4-3-5-15(21)11-14/h3-11H,12H2,1-2H3,(H,22,26). The molecule has 3 rings (SSSR count). The molecule has 1 amide bonds. The molecule has 0 fully saturated rings. The van der Waals surface area contributed by atoms with E-state index in [4.69, 9.17) is 4.74 Å². The highest BCUT2D eigenvalue weighted by Gasteiger charge is 2.13. The van der Waals surface area contributed by atoms with Gasteiger partial charge in [0.05, 0.1) is 19.3 Å². The normalized spacial score (nSPS) is 10.5. The zero-order valence-corrected chi connectivity index (χ0v) is 14.9. The van der Waals surface area contributed by atoms with Crippen molar-refractivity contribution in [1.29, 1.82) is 0 Å². The van der Waals surface area contributed by atoms with E-state index in [1.165, 1.54) is 31.4 Å². The van der Waals surface area contributed by atoms with Gasteiger partial charge in [-0.15, -0.1) is 0 Å². The van der Waals surface area contributed by atoms with Crippen molar-refractivity contribution in [3.63, 3.8) is 0 Å². The molecule has 1 N–H and O–H groups in total. The van der Waals surface area contributed by atoms with Gasteiger partial charge in [0.2, 0.25) is 0 Å². The van der Waals surface area contributed by atoms with E-state index in [0.29, 0.717) is 17.0 Å². The molecule has 0 aliphatic rings. The molecule has 0 bridgehead atoms. The molecule has 138 valence electrons. The third kappa shape index (κ3) is 4.38. The van der Waals surface area contributed by atoms with Gasteiger partial charge in [0.25, 0.3) is 11.5 Å². The number of carbonyl (C=O) groups excluding carboxylic acids is 1. The molecule has 1 heterocycles. The Bertz CT molecular complexity index is 1050. The minimum Gasteiger partial charge on any atom is -0.495 e. The van der Waals surface area contributed by atoms with Gasteiger partial charge in [0, 0.05) is 6.07 Å². The quantitative estimate of drug-likeness (QED) is 0.752. The van der Waals surface area contributed by atoms with Crippen LogP contribution in [0.5, 0.6) is 5.75 Å². The van der Waals surface area contributed by atoms with Crippen molar-refractivity contribution in [1.82, 2.24) is 9.78 Å². The monoisotopic (exact) mass is 367 g/mol. The van der Waals surface area contributed by atoms with E-state index in [1.807, 2.05) is 13.0 Å². The van der Waals surface area contributed by atoms with Gasteiger partial charge in [-0.1, -0.05) is 18.2 Å². The van der Waals surface area contributed by atoms with E-state index in [0.717, 1.165) is 10.2 Å². The fraction of sp³-hybridized carbons (Fsp3) is 0.150. The number of nitrogens with one attached hydrogen (secondary N) is 1. The Labute approximate surface area is 155 Å². The number of halogens is 1. The minimum atomic E-state index is -0.480. The molecule has 0 spiro atoms. The van der Waals surface area contributed by atoms with Crippen molar-refractivity contribution in [2.45, 2.75) is 13.5 Å². The molecule has 0 radical (unpaired) electrons. The SMILES string of the molecule is COc1ccc(C)cc1NC(=O)c1ccc(=O)n(Cc2cccc(F)c2)n1. The van der Waals surface area contributed by atoms with Gasteiger partial charge in [-0.2, -0.15) is 5.10 Å². The van der Waals surface area contributed by atoms with Crippen molar-refractivity contribution in [2.24, 2.45) is 0 Å². The van der Waals surface area contributed by atoms with Crippen LogP contribution in [0.3, 0.4) is 0 Å². The second-order valence-electron chi connectivity index (χ2n) is 6.00. The zero-order chi connectivity index (χ0) is 19.4. The largest absolute Gasteiger partial charge is 0.495 e. The molecule has 0 unspecified atom stereocenters. The summed E-state index contributed by atoms with van der Waals surface area (Å²) in [5, 5.41) is 6.84. The highest BCUT2D eigenvalue weighted by atomic mass is 19.1. The van der Waals surface area contributed by atoms with Gasteiger partial charge in [0.15, 0.2) is 0 Å². The number of aryl methyl sites for hydroxylation is 1. The Kier molecular flexibility index (Phi) is 5.30. The maximum Gasteiger partial charge on any atom is 0.276 e. The number of anilines is 1. The molecule has 0 aliphatic heterocycles. The van der Waals surface area contributed by atoms with E-state index < -0.39 is 11.7 Å². The van der Waals surface area contributed by atoms with Gasteiger partial charge >= 0.3 is 0 Å². The zero-order valence-electron chi connectivity index (χ0n) is 14.9. The van der Waals surface area contributed by atoms with E-state index in [2.05, 4.69) is 10.4 Å². The number of carbonyl (C=O) groups is 1. The number of hydrogen-bond donors (Lipinski definition) is 1. The average Bonchev–Trinajstić information content (AvgIpc) is 2.64. The summed E-state index contributed by atoms with van der Waals surface area (Å²) in [6.07, 6.45) is 0. The highest BCUT2D eigenvalue weighted by Crippen LogP contribution is 2.25. The molecule has 1 aromatic heterocycles. The lowest BCUT2D eigenvalue weighted by Gasteiger charge is -2.11. The molecule has 0 saturated heterocycles. The molecule has 7 heteroatoms. The number of hydrogen-bond acceptors (Lipinski definition) is 4. The lowest BCUT2D eigenvalue weighted by atomic mass is 10.2. The fourth-order valence-corrected chi connectivity index (χ4v) is 2.60. The first kappa shape index (κ1) is 18.3. The second-order valence-corrected chi connectivity index (χ2v) is 6.00. The maximum absolute atomic E-state index is 13.3. The Balaban J connectivity index is 1.86. The first-order chi connectivity index (χ1) is 13.0. The molecule has 27 heavy (non-hydrogen) atoms. The number of nitrogens with zero attached hydrogens (tertiary/aromatic N) is 2. The number of aromatic nitrogens is 2. The van der Waals surface area contributed by atoms with Crippen LogP contribution < -0.4 is 15.6 Å². The summed E-state index contributed by atoms with van der Waals surface area (Å²) in [5.41, 5.74) is 1.71. The first-order valence-corrected chi connectivity index (χ1v) is 8.25. The first-order valence-electron chi connectivity index (χ1n) is 8.25. The molecular weight excluding hydrogens is 349 g/mol. The van der Waals surface area contributed by atoms with Crippen LogP contribution in [-0.2, 0) is 6.54 Å². The van der Waals surface area contributed by atoms with Crippen molar-refractivity contribution < 1.29 is 13.9 Å². The minimum absolute atomic E-state index is 0.0610. The van der Waals surface area contributed by atoms with E-state index in [9.17, 15) is 14.0 Å². The lowest BCUT2D eigenvalue weighted by Crippen LogP contribution is -2.26. The number of ether oxygens (including phenoxy) is 1. The summed E-state index contributed by atoms with van der Waals surface area (Å²) in [7, 11) is 1.51. The van der Waals surface area contributed by atoms with Crippen LogP contribution in [0.25, 0.3) is 0 Å². The van der Waals surface area contributed by atoms with Crippen LogP contribution in [0.15, 0.2) is 59.4 Å². The van der Waals surface area contributed by atoms with Gasteiger partial charge in [0.1, 0.15) is 17.3 Å². The summed E-state index contributed by atoms with van der Waals surface area (Å²) in [6, 6.07) is 13.9. The summed E-state index contributed by atoms with van der Waals surface area (Å²) in [6.45, 7) is 1.96. The second kappa shape index (κ2) is 7.82. The van der Waals surface area contributed by atoms with Gasteiger partial charge in [-0.05, 0) is 48.4 Å². The molecule has 2 aromatic carbocycles. The van der Waals surface area contributed by atoms with Crippen molar-refractivity contribution in [3.8, 4) is 5.75 Å². The topological polar surface area (TPSA) is 73.2 Å². The molecular formula is C20H18FN3O3. The Hall–Kier alpha value is -3.48. The predicted molar refractivity (Wildman–Crippen MR) is 99.7 cm³/mol. The van der Waals surface area contributed by atoms with Gasteiger partial charge in [-0.3, -0.25) is 9.59 Å². The average molecular weight is 367 g/mol. The summed E-state index contributed by atoms with van der Waals surface area (Å²) in [4.78, 5) is 24.6. The summed E-state index contributed by atoms with van der Waals surface area (Å²) in [5.74, 6) is -0.366. The van der Waals surface area contributed by atoms with Crippen molar-refractivity contribution in [3.05, 3.63) is 87.6 Å². The highest BCUT2D eigenvalue weighted by molar-refractivity contribution is 6.03. The Morgan fingerprint density at radius 3 is 2.74 bits per heavy atom. The van der Waals surface area contributed by atoms with Crippen LogP contribution in [0.4, 0.5) is 10.1 Å². The van der Waals surface area contributed by atoms with Crippen molar-refractivity contribution >= 4 is 11.6 Å². The van der Waals surface area contributed by atoms with Gasteiger partial charge in [-0.25, -0.2) is 9.07 Å². The number of rotatable bonds is 5. The lowest BCUT2D eigenvalue weighted by molar-refractivity contribution is 0.101. The van der Waals surface area contributed by atoms with Crippen LogP contribution in [0, 0.1) is 12.7 Å². The number of benzene rings is 2. The maximum atomic E-state index is 13.3. The molecule has 0 aliphatic carbocycles. The van der Waals surface area contributed by atoms with E-state index in [1.54, 1.807) is 24.3 Å². The number of amides is 1. The predicted octanol–water partition coefficient (Wildman–Crippen LogP) is 3.00. The van der Waals surface area contributed by atoms with Crippen LogP contribution in [0.2, 0.25) is 0 Å². The number of methoxy groups -OCH3 is 1. The Morgan fingerprint density at radius 1 is 1.19 bits per heavy atom. The van der Waals surface area contributed by atoms with E-state index in [-0.39, 0.29) is 17.8 Å². The van der Waals surface area contributed by atoms with E-state index >= 15 is 0 Å². The smallest absolute Gasteiger partial charge is 0.276 e. The van der Waals surface area contributed by atoms with Crippen molar-refractivity contribution in [2.75, 3.05) is 12.4 Å². The Morgan fingerprint density at radius 2 is 2.00 bits per heavy atom. The molecule has 0 atom stereocenters. The third-order valence-corrected chi connectivity index (χ3v) is 3.92. The van der Waals surface area contributed by atoms with Crippen LogP contribution >= 0.6 is 0 Å². The summed E-state index contributed by atoms with van der Waals surface area (Å²) < 4.78 is 19.7. The molecule has 3 aromatic rings. The van der Waals surface area contributed by atoms with Crippen LogP contribution in [-0.4, -0.2) is 22.8 Å². The third-order valence-electron chi connectivity index (χ3n) is 3.92. The summed E-state index contributed by atoms with van der Waals surface area (Å²) >= 11 is 0. The molecule has 0 saturated carbocycles.